The standard InChI is InChI=1S/C19H33N5/c1-2-3-4-5-6-11-22(12-7-14-23-16-9-20-18-23)13-8-15-24-17-10-21-19-24/h9-10,16-19H,2-8,11-15H2,1H3. The SMILES string of the molecule is CCCCCCCN(CCCn1ccnc1)CCCn1ccnc1. The molecule has 0 aliphatic heterocycles. The van der Waals surface area contributed by atoms with Gasteiger partial charge in [0.25, 0.3) is 0 Å². The lowest BCUT2D eigenvalue weighted by Gasteiger charge is -2.22. The van der Waals surface area contributed by atoms with Gasteiger partial charge in [-0.1, -0.05) is 32.6 Å². The normalized spacial score (nSPS) is 11.4. The first kappa shape index (κ1) is 18.7. The van der Waals surface area contributed by atoms with Gasteiger partial charge in [-0.3, -0.25) is 0 Å². The summed E-state index contributed by atoms with van der Waals surface area (Å²) >= 11 is 0. The maximum absolute atomic E-state index is 4.12. The van der Waals surface area contributed by atoms with Gasteiger partial charge in [0.05, 0.1) is 12.7 Å². The van der Waals surface area contributed by atoms with Gasteiger partial charge in [0, 0.05) is 37.9 Å². The molecule has 5 nitrogen and oxygen atoms in total. The highest BCUT2D eigenvalue weighted by atomic mass is 15.1. The van der Waals surface area contributed by atoms with Crippen molar-refractivity contribution in [3.05, 3.63) is 37.4 Å². The van der Waals surface area contributed by atoms with Crippen molar-refractivity contribution in [1.82, 2.24) is 24.0 Å². The second-order valence-corrected chi connectivity index (χ2v) is 6.56. The molecule has 0 saturated heterocycles. The average Bonchev–Trinajstić information content (AvgIpc) is 3.28. The van der Waals surface area contributed by atoms with E-state index in [1.165, 1.54) is 64.6 Å². The third-order valence-electron chi connectivity index (χ3n) is 4.48. The molecule has 0 aromatic carbocycles. The summed E-state index contributed by atoms with van der Waals surface area (Å²) in [6.45, 7) is 7.99. The molecule has 0 fully saturated rings. The lowest BCUT2D eigenvalue weighted by molar-refractivity contribution is 0.251. The number of hydrogen-bond acceptors (Lipinski definition) is 3. The van der Waals surface area contributed by atoms with Crippen molar-refractivity contribution in [2.45, 2.75) is 65.0 Å². The van der Waals surface area contributed by atoms with E-state index >= 15 is 0 Å². The smallest absolute Gasteiger partial charge is 0.0945 e. The molecule has 2 aromatic rings. The number of imidazole rings is 2. The number of aromatic nitrogens is 4. The molecule has 2 aromatic heterocycles. The molecule has 0 aliphatic rings. The second kappa shape index (κ2) is 11.8. The Kier molecular flexibility index (Phi) is 9.24. The van der Waals surface area contributed by atoms with Crippen molar-refractivity contribution >= 4 is 0 Å². The molecule has 0 unspecified atom stereocenters. The molecule has 0 atom stereocenters. The highest BCUT2D eigenvalue weighted by Crippen LogP contribution is 2.06. The van der Waals surface area contributed by atoms with E-state index in [0.29, 0.717) is 0 Å². The molecule has 0 amide bonds. The molecule has 5 heteroatoms. The van der Waals surface area contributed by atoms with E-state index in [1.54, 1.807) is 0 Å². The lowest BCUT2D eigenvalue weighted by atomic mass is 10.1. The minimum absolute atomic E-state index is 1.06. The zero-order chi connectivity index (χ0) is 16.9. The lowest BCUT2D eigenvalue weighted by Crippen LogP contribution is -2.28. The fraction of sp³-hybridized carbons (Fsp3) is 0.684. The van der Waals surface area contributed by atoms with Crippen LogP contribution in [-0.2, 0) is 13.1 Å². The summed E-state index contributed by atoms with van der Waals surface area (Å²) in [4.78, 5) is 10.9. The Bertz CT molecular complexity index is 452. The third kappa shape index (κ3) is 7.77. The molecule has 2 heterocycles. The second-order valence-electron chi connectivity index (χ2n) is 6.56. The van der Waals surface area contributed by atoms with Crippen LogP contribution in [0.3, 0.4) is 0 Å². The van der Waals surface area contributed by atoms with E-state index in [0.717, 1.165) is 13.1 Å². The van der Waals surface area contributed by atoms with Gasteiger partial charge in [-0.05, 0) is 38.9 Å². The van der Waals surface area contributed by atoms with E-state index < -0.39 is 0 Å². The van der Waals surface area contributed by atoms with Gasteiger partial charge in [0.15, 0.2) is 0 Å². The number of hydrogen-bond donors (Lipinski definition) is 0. The summed E-state index contributed by atoms with van der Waals surface area (Å²) < 4.78 is 4.34. The molecule has 0 radical (unpaired) electrons. The Morgan fingerprint density at radius 1 is 0.708 bits per heavy atom. The van der Waals surface area contributed by atoms with Crippen molar-refractivity contribution in [2.75, 3.05) is 19.6 Å². The fourth-order valence-corrected chi connectivity index (χ4v) is 3.07. The fourth-order valence-electron chi connectivity index (χ4n) is 3.07. The largest absolute Gasteiger partial charge is 0.337 e. The van der Waals surface area contributed by atoms with Crippen LogP contribution in [0, 0.1) is 0 Å². The quantitative estimate of drug-likeness (QED) is 0.494. The molecule has 2 rings (SSSR count). The molecule has 0 saturated carbocycles. The average molecular weight is 332 g/mol. The summed E-state index contributed by atoms with van der Waals surface area (Å²) in [5, 5.41) is 0. The van der Waals surface area contributed by atoms with E-state index in [1.807, 2.05) is 37.4 Å². The first-order chi connectivity index (χ1) is 11.9. The van der Waals surface area contributed by atoms with Crippen LogP contribution in [0.4, 0.5) is 0 Å². The number of nitrogens with zero attached hydrogens (tertiary/aromatic N) is 5. The van der Waals surface area contributed by atoms with Crippen molar-refractivity contribution in [1.29, 1.82) is 0 Å². The Balaban J connectivity index is 1.65. The van der Waals surface area contributed by atoms with Gasteiger partial charge in [-0.15, -0.1) is 0 Å². The first-order valence-corrected chi connectivity index (χ1v) is 9.52. The van der Waals surface area contributed by atoms with E-state index in [2.05, 4.69) is 30.9 Å². The molecular weight excluding hydrogens is 298 g/mol. The van der Waals surface area contributed by atoms with Crippen LogP contribution < -0.4 is 0 Å². The maximum atomic E-state index is 4.12. The van der Waals surface area contributed by atoms with Crippen molar-refractivity contribution < 1.29 is 0 Å². The molecule has 24 heavy (non-hydrogen) atoms. The van der Waals surface area contributed by atoms with Gasteiger partial charge in [0.2, 0.25) is 0 Å². The maximum Gasteiger partial charge on any atom is 0.0945 e. The van der Waals surface area contributed by atoms with Gasteiger partial charge in [0.1, 0.15) is 0 Å². The predicted octanol–water partition coefficient (Wildman–Crippen LogP) is 3.83. The van der Waals surface area contributed by atoms with Gasteiger partial charge in [-0.2, -0.15) is 0 Å². The number of rotatable bonds is 14. The molecule has 0 bridgehead atoms. The van der Waals surface area contributed by atoms with Crippen LogP contribution in [0.15, 0.2) is 37.4 Å². The summed E-state index contributed by atoms with van der Waals surface area (Å²) in [7, 11) is 0. The van der Waals surface area contributed by atoms with Crippen molar-refractivity contribution in [3.8, 4) is 0 Å². The summed E-state index contributed by atoms with van der Waals surface area (Å²) in [5.74, 6) is 0. The monoisotopic (exact) mass is 331 g/mol. The van der Waals surface area contributed by atoms with Crippen molar-refractivity contribution in [2.24, 2.45) is 0 Å². The number of unbranched alkanes of at least 4 members (excludes halogenated alkanes) is 4. The van der Waals surface area contributed by atoms with Crippen LogP contribution in [0.1, 0.15) is 51.9 Å². The zero-order valence-corrected chi connectivity index (χ0v) is 15.2. The third-order valence-corrected chi connectivity index (χ3v) is 4.48. The molecule has 134 valence electrons. The molecule has 0 N–H and O–H groups in total. The summed E-state index contributed by atoms with van der Waals surface area (Å²) in [6.07, 6.45) is 20.8. The highest BCUT2D eigenvalue weighted by molar-refractivity contribution is 4.75. The van der Waals surface area contributed by atoms with E-state index in [9.17, 15) is 0 Å². The molecular formula is C19H33N5. The van der Waals surface area contributed by atoms with Crippen LogP contribution in [0.5, 0.6) is 0 Å². The van der Waals surface area contributed by atoms with E-state index in [4.69, 9.17) is 0 Å². The molecule has 0 aliphatic carbocycles. The molecule has 0 spiro atoms. The zero-order valence-electron chi connectivity index (χ0n) is 15.2. The summed E-state index contributed by atoms with van der Waals surface area (Å²) in [6, 6.07) is 0. The first-order valence-electron chi connectivity index (χ1n) is 9.52. The minimum Gasteiger partial charge on any atom is -0.337 e. The van der Waals surface area contributed by atoms with Gasteiger partial charge in [-0.25, -0.2) is 9.97 Å². The number of aryl methyl sites for hydroxylation is 2. The van der Waals surface area contributed by atoms with Gasteiger partial charge >= 0.3 is 0 Å². The van der Waals surface area contributed by atoms with Crippen LogP contribution in [0.2, 0.25) is 0 Å². The Hall–Kier alpha value is -1.62. The van der Waals surface area contributed by atoms with Crippen molar-refractivity contribution in [3.63, 3.8) is 0 Å². The topological polar surface area (TPSA) is 38.9 Å². The Labute approximate surface area is 146 Å². The van der Waals surface area contributed by atoms with E-state index in [-0.39, 0.29) is 0 Å². The Morgan fingerprint density at radius 3 is 1.75 bits per heavy atom. The van der Waals surface area contributed by atoms with Crippen LogP contribution in [0.25, 0.3) is 0 Å². The predicted molar refractivity (Wildman–Crippen MR) is 98.9 cm³/mol. The van der Waals surface area contributed by atoms with Crippen LogP contribution in [-0.4, -0.2) is 43.6 Å². The highest BCUT2D eigenvalue weighted by Gasteiger charge is 2.05. The Morgan fingerprint density at radius 2 is 1.25 bits per heavy atom. The summed E-state index contributed by atoms with van der Waals surface area (Å²) in [5.41, 5.74) is 0. The van der Waals surface area contributed by atoms with Gasteiger partial charge < -0.3 is 14.0 Å². The van der Waals surface area contributed by atoms with Crippen LogP contribution >= 0.6 is 0 Å². The minimum atomic E-state index is 1.06.